The van der Waals surface area contributed by atoms with E-state index in [0.717, 1.165) is 36.4 Å². The number of amides is 1. The van der Waals surface area contributed by atoms with E-state index in [2.05, 4.69) is 10.3 Å². The van der Waals surface area contributed by atoms with Crippen LogP contribution in [-0.4, -0.2) is 22.1 Å². The summed E-state index contributed by atoms with van der Waals surface area (Å²) in [6, 6.07) is 0. The summed E-state index contributed by atoms with van der Waals surface area (Å²) in [6.07, 6.45) is 2.74. The van der Waals surface area contributed by atoms with Crippen molar-refractivity contribution in [1.29, 1.82) is 0 Å². The molecule has 1 amide bonds. The second kappa shape index (κ2) is 5.59. The first-order valence-electron chi connectivity index (χ1n) is 6.89. The standard InChI is InChI=1S/C14H22N2O2S/c1-4-14(3,13-15-9(2)8-19-13)16-12(18)10-6-5-7-11(10)17/h8,10-11,17H,4-7H2,1-3H3,(H,16,18). The fraction of sp³-hybridized carbons (Fsp3) is 0.714. The minimum absolute atomic E-state index is 0.0396. The number of aliphatic hydroxyl groups excluding tert-OH is 1. The lowest BCUT2D eigenvalue weighted by Gasteiger charge is -2.29. The van der Waals surface area contributed by atoms with Gasteiger partial charge in [0.25, 0.3) is 0 Å². The zero-order chi connectivity index (χ0) is 14.0. The number of nitrogens with zero attached hydrogens (tertiary/aromatic N) is 1. The maximum atomic E-state index is 12.3. The van der Waals surface area contributed by atoms with E-state index in [9.17, 15) is 9.90 Å². The summed E-state index contributed by atoms with van der Waals surface area (Å²) in [6.45, 7) is 6.01. The van der Waals surface area contributed by atoms with Crippen LogP contribution in [0.5, 0.6) is 0 Å². The number of thiazole rings is 1. The van der Waals surface area contributed by atoms with Crippen LogP contribution in [-0.2, 0) is 10.3 Å². The Labute approximate surface area is 118 Å². The third kappa shape index (κ3) is 2.98. The van der Waals surface area contributed by atoms with E-state index in [4.69, 9.17) is 0 Å². The fourth-order valence-electron chi connectivity index (χ4n) is 2.51. The van der Waals surface area contributed by atoms with Gasteiger partial charge in [-0.15, -0.1) is 11.3 Å². The lowest BCUT2D eigenvalue weighted by molar-refractivity contribution is -0.129. The largest absolute Gasteiger partial charge is 0.392 e. The molecule has 0 saturated heterocycles. The van der Waals surface area contributed by atoms with Crippen LogP contribution in [0.15, 0.2) is 5.38 Å². The molecule has 3 unspecified atom stereocenters. The van der Waals surface area contributed by atoms with Crippen LogP contribution in [0.4, 0.5) is 0 Å². The Bertz CT molecular complexity index is 460. The molecule has 1 fully saturated rings. The number of aliphatic hydroxyl groups is 1. The van der Waals surface area contributed by atoms with Gasteiger partial charge < -0.3 is 10.4 Å². The van der Waals surface area contributed by atoms with Gasteiger partial charge in [0, 0.05) is 11.1 Å². The Morgan fingerprint density at radius 2 is 2.37 bits per heavy atom. The first-order valence-corrected chi connectivity index (χ1v) is 7.77. The van der Waals surface area contributed by atoms with Gasteiger partial charge in [-0.1, -0.05) is 6.92 Å². The summed E-state index contributed by atoms with van der Waals surface area (Å²) in [4.78, 5) is 16.8. The molecule has 0 aromatic carbocycles. The van der Waals surface area contributed by atoms with Gasteiger partial charge in [0.15, 0.2) is 0 Å². The van der Waals surface area contributed by atoms with Gasteiger partial charge in [0.2, 0.25) is 5.91 Å². The molecule has 0 spiro atoms. The van der Waals surface area contributed by atoms with Crippen LogP contribution < -0.4 is 5.32 Å². The van der Waals surface area contributed by atoms with Crippen LogP contribution in [0, 0.1) is 12.8 Å². The molecule has 1 heterocycles. The van der Waals surface area contributed by atoms with Crippen molar-refractivity contribution in [3.05, 3.63) is 16.1 Å². The van der Waals surface area contributed by atoms with Gasteiger partial charge in [0.05, 0.1) is 17.6 Å². The maximum absolute atomic E-state index is 12.3. The minimum atomic E-state index is -0.487. The molecule has 2 N–H and O–H groups in total. The highest BCUT2D eigenvalue weighted by molar-refractivity contribution is 7.09. The number of nitrogens with one attached hydrogen (secondary N) is 1. The first-order chi connectivity index (χ1) is 8.96. The third-order valence-electron chi connectivity index (χ3n) is 4.01. The summed E-state index contributed by atoms with van der Waals surface area (Å²) in [7, 11) is 0. The van der Waals surface area contributed by atoms with Crippen LogP contribution in [0.2, 0.25) is 0 Å². The van der Waals surface area contributed by atoms with Gasteiger partial charge in [-0.3, -0.25) is 4.79 Å². The Morgan fingerprint density at radius 1 is 1.63 bits per heavy atom. The highest BCUT2D eigenvalue weighted by atomic mass is 32.1. The van der Waals surface area contributed by atoms with Crippen molar-refractivity contribution in [2.24, 2.45) is 5.92 Å². The molecule has 0 radical (unpaired) electrons. The average Bonchev–Trinajstić information content (AvgIpc) is 2.98. The Hall–Kier alpha value is -0.940. The molecule has 1 aliphatic rings. The summed E-state index contributed by atoms with van der Waals surface area (Å²) >= 11 is 1.58. The van der Waals surface area contributed by atoms with Crippen LogP contribution in [0.25, 0.3) is 0 Å². The third-order valence-corrected chi connectivity index (χ3v) is 5.24. The molecule has 19 heavy (non-hydrogen) atoms. The second-order valence-corrected chi connectivity index (χ2v) is 6.43. The normalized spacial score (nSPS) is 26.1. The van der Waals surface area contributed by atoms with Crippen molar-refractivity contribution in [2.75, 3.05) is 0 Å². The zero-order valence-corrected chi connectivity index (χ0v) is 12.6. The van der Waals surface area contributed by atoms with E-state index >= 15 is 0 Å². The predicted octanol–water partition coefficient (Wildman–Crippen LogP) is 2.35. The molecule has 5 heteroatoms. The molecule has 106 valence electrons. The molecule has 0 bridgehead atoms. The van der Waals surface area contributed by atoms with Gasteiger partial charge in [-0.25, -0.2) is 4.98 Å². The highest BCUT2D eigenvalue weighted by Gasteiger charge is 2.36. The van der Waals surface area contributed by atoms with Gasteiger partial charge in [-0.05, 0) is 39.5 Å². The SMILES string of the molecule is CCC(C)(NC(=O)C1CCCC1O)c1nc(C)cs1. The number of aryl methyl sites for hydroxylation is 1. The number of carbonyl (C=O) groups excluding carboxylic acids is 1. The quantitative estimate of drug-likeness (QED) is 0.891. The molecule has 2 rings (SSSR count). The fourth-order valence-corrected chi connectivity index (χ4v) is 3.50. The summed E-state index contributed by atoms with van der Waals surface area (Å²) < 4.78 is 0. The van der Waals surface area contributed by atoms with Crippen molar-refractivity contribution in [3.63, 3.8) is 0 Å². The van der Waals surface area contributed by atoms with E-state index in [1.165, 1.54) is 0 Å². The van der Waals surface area contributed by atoms with E-state index in [-0.39, 0.29) is 11.8 Å². The van der Waals surface area contributed by atoms with E-state index < -0.39 is 11.6 Å². The van der Waals surface area contributed by atoms with Crippen LogP contribution in [0.1, 0.15) is 50.2 Å². The molecule has 0 aliphatic heterocycles. The van der Waals surface area contributed by atoms with Crippen LogP contribution in [0.3, 0.4) is 0 Å². The summed E-state index contributed by atoms with van der Waals surface area (Å²) in [5.41, 5.74) is 0.549. The maximum Gasteiger partial charge on any atom is 0.226 e. The lowest BCUT2D eigenvalue weighted by atomic mass is 9.97. The molecule has 1 saturated carbocycles. The monoisotopic (exact) mass is 282 g/mol. The Balaban J connectivity index is 2.12. The number of hydrogen-bond acceptors (Lipinski definition) is 4. The molecule has 1 aromatic rings. The number of hydrogen-bond donors (Lipinski definition) is 2. The van der Waals surface area contributed by atoms with E-state index in [1.54, 1.807) is 11.3 Å². The second-order valence-electron chi connectivity index (χ2n) is 5.57. The summed E-state index contributed by atoms with van der Waals surface area (Å²) in [5.74, 6) is -0.297. The predicted molar refractivity (Wildman–Crippen MR) is 76.0 cm³/mol. The molecule has 3 atom stereocenters. The molecule has 4 nitrogen and oxygen atoms in total. The van der Waals surface area contributed by atoms with Crippen molar-refractivity contribution >= 4 is 17.2 Å². The smallest absolute Gasteiger partial charge is 0.226 e. The molecular formula is C14H22N2O2S. The topological polar surface area (TPSA) is 62.2 Å². The minimum Gasteiger partial charge on any atom is -0.392 e. The number of carbonyl (C=O) groups is 1. The van der Waals surface area contributed by atoms with Gasteiger partial charge in [-0.2, -0.15) is 0 Å². The zero-order valence-electron chi connectivity index (χ0n) is 11.8. The number of rotatable bonds is 4. The van der Waals surface area contributed by atoms with Gasteiger partial charge in [0.1, 0.15) is 5.01 Å². The lowest BCUT2D eigenvalue weighted by Crippen LogP contribution is -2.47. The van der Waals surface area contributed by atoms with Gasteiger partial charge >= 0.3 is 0 Å². The molecule has 1 aliphatic carbocycles. The van der Waals surface area contributed by atoms with E-state index in [0.29, 0.717) is 0 Å². The van der Waals surface area contributed by atoms with Crippen molar-refractivity contribution in [2.45, 2.75) is 58.1 Å². The first kappa shape index (κ1) is 14.5. The van der Waals surface area contributed by atoms with Crippen molar-refractivity contribution in [1.82, 2.24) is 10.3 Å². The summed E-state index contributed by atoms with van der Waals surface area (Å²) in [5, 5.41) is 15.9. The van der Waals surface area contributed by atoms with E-state index in [1.807, 2.05) is 26.2 Å². The Kier molecular flexibility index (Phi) is 4.26. The number of aromatic nitrogens is 1. The Morgan fingerprint density at radius 3 is 2.84 bits per heavy atom. The van der Waals surface area contributed by atoms with Crippen molar-refractivity contribution in [3.8, 4) is 0 Å². The average molecular weight is 282 g/mol. The molecule has 1 aromatic heterocycles. The molecular weight excluding hydrogens is 260 g/mol. The van der Waals surface area contributed by atoms with Crippen molar-refractivity contribution < 1.29 is 9.90 Å². The van der Waals surface area contributed by atoms with Crippen LogP contribution >= 0.6 is 11.3 Å². The highest BCUT2D eigenvalue weighted by Crippen LogP contribution is 2.31.